The Hall–Kier alpha value is -3.91. The fourth-order valence-corrected chi connectivity index (χ4v) is 4.63. The molecule has 0 radical (unpaired) electrons. The number of aryl methyl sites for hydroxylation is 1. The van der Waals surface area contributed by atoms with Gasteiger partial charge in [-0.1, -0.05) is 59.8 Å². The maximum atomic E-state index is 13.3. The van der Waals surface area contributed by atoms with Crippen molar-refractivity contribution in [3.63, 3.8) is 0 Å². The van der Waals surface area contributed by atoms with E-state index in [9.17, 15) is 14.4 Å². The number of rotatable bonds is 8. The number of benzene rings is 3. The minimum Gasteiger partial charge on any atom is -0.349 e. The number of hydrogen-bond acceptors (Lipinski definition) is 5. The summed E-state index contributed by atoms with van der Waals surface area (Å²) in [6.45, 7) is 2.38. The van der Waals surface area contributed by atoms with Crippen LogP contribution in [0.15, 0.2) is 82.7 Å². The Bertz CT molecular complexity index is 1490. The first-order chi connectivity index (χ1) is 17.5. The van der Waals surface area contributed by atoms with E-state index in [1.807, 2.05) is 43.3 Å². The molecule has 36 heavy (non-hydrogen) atoms. The zero-order valence-corrected chi connectivity index (χ0v) is 20.7. The lowest BCUT2D eigenvalue weighted by atomic mass is 10.1. The highest BCUT2D eigenvalue weighted by molar-refractivity contribution is 7.99. The summed E-state index contributed by atoms with van der Waals surface area (Å²) in [5.74, 6) is -0.315. The molecule has 1 heterocycles. The Balaban J connectivity index is 1.33. The number of fused-ring (bicyclic) bond motifs is 1. The fraction of sp³-hybridized carbons (Fsp3) is 0.214. The molecule has 1 aliphatic rings. The van der Waals surface area contributed by atoms with Gasteiger partial charge in [-0.25, -0.2) is 4.98 Å². The summed E-state index contributed by atoms with van der Waals surface area (Å²) in [7, 11) is 0. The van der Waals surface area contributed by atoms with Gasteiger partial charge in [-0.2, -0.15) is 0 Å². The molecule has 5 rings (SSSR count). The molecule has 4 aromatic rings. The molecule has 3 aromatic carbocycles. The molecule has 182 valence electrons. The highest BCUT2D eigenvalue weighted by Crippen LogP contribution is 2.21. The van der Waals surface area contributed by atoms with Gasteiger partial charge in [0.25, 0.3) is 11.5 Å². The van der Waals surface area contributed by atoms with Crippen LogP contribution in [-0.4, -0.2) is 33.2 Å². The number of nitrogens with one attached hydrogen (secondary N) is 2. The molecule has 8 heteroatoms. The van der Waals surface area contributed by atoms with Crippen LogP contribution in [0, 0.1) is 6.92 Å². The Morgan fingerprint density at radius 1 is 1.03 bits per heavy atom. The number of thioether (sulfide) groups is 1. The number of amides is 2. The number of hydrogen-bond donors (Lipinski definition) is 2. The van der Waals surface area contributed by atoms with E-state index in [1.54, 1.807) is 41.0 Å². The first-order valence-corrected chi connectivity index (χ1v) is 12.8. The van der Waals surface area contributed by atoms with Crippen molar-refractivity contribution in [2.75, 3.05) is 11.1 Å². The van der Waals surface area contributed by atoms with Gasteiger partial charge in [0, 0.05) is 17.3 Å². The van der Waals surface area contributed by atoms with E-state index in [4.69, 9.17) is 4.98 Å². The Morgan fingerprint density at radius 3 is 2.58 bits per heavy atom. The predicted molar refractivity (Wildman–Crippen MR) is 143 cm³/mol. The van der Waals surface area contributed by atoms with Crippen LogP contribution >= 0.6 is 11.8 Å². The third-order valence-electron chi connectivity index (χ3n) is 5.94. The third kappa shape index (κ3) is 5.66. The second-order valence-electron chi connectivity index (χ2n) is 8.95. The third-order valence-corrected chi connectivity index (χ3v) is 6.92. The maximum absolute atomic E-state index is 13.3. The SMILES string of the molecule is Cc1ccc(Cn2c(SCC(=O)Nc3cccc(C(=O)NC4CC4)c3)nc3ccccc3c2=O)cc1. The lowest BCUT2D eigenvalue weighted by Gasteiger charge is -2.14. The van der Waals surface area contributed by atoms with Gasteiger partial charge in [0.15, 0.2) is 5.16 Å². The summed E-state index contributed by atoms with van der Waals surface area (Å²) >= 11 is 1.21. The monoisotopic (exact) mass is 498 g/mol. The molecule has 2 N–H and O–H groups in total. The van der Waals surface area contributed by atoms with Gasteiger partial charge >= 0.3 is 0 Å². The van der Waals surface area contributed by atoms with Crippen LogP contribution < -0.4 is 16.2 Å². The van der Waals surface area contributed by atoms with Crippen molar-refractivity contribution < 1.29 is 9.59 Å². The highest BCUT2D eigenvalue weighted by atomic mass is 32.2. The first kappa shape index (κ1) is 23.8. The molecule has 1 saturated carbocycles. The molecule has 7 nitrogen and oxygen atoms in total. The van der Waals surface area contributed by atoms with Crippen molar-refractivity contribution in [2.24, 2.45) is 0 Å². The van der Waals surface area contributed by atoms with Gasteiger partial charge in [0.2, 0.25) is 5.91 Å². The Kier molecular flexibility index (Phi) is 6.86. The van der Waals surface area contributed by atoms with Crippen molar-refractivity contribution in [2.45, 2.75) is 37.5 Å². The average Bonchev–Trinajstić information content (AvgIpc) is 3.70. The minimum absolute atomic E-state index is 0.0666. The van der Waals surface area contributed by atoms with Gasteiger partial charge in [-0.05, 0) is 55.7 Å². The van der Waals surface area contributed by atoms with E-state index in [1.165, 1.54) is 11.8 Å². The van der Waals surface area contributed by atoms with Crippen molar-refractivity contribution in [3.05, 3.63) is 99.8 Å². The lowest BCUT2D eigenvalue weighted by molar-refractivity contribution is -0.113. The van der Waals surface area contributed by atoms with Crippen LogP contribution in [0.1, 0.15) is 34.3 Å². The molecule has 0 atom stereocenters. The minimum atomic E-state index is -0.246. The topological polar surface area (TPSA) is 93.1 Å². The number of carbonyl (C=O) groups is 2. The van der Waals surface area contributed by atoms with E-state index in [0.717, 1.165) is 24.0 Å². The van der Waals surface area contributed by atoms with E-state index >= 15 is 0 Å². The van der Waals surface area contributed by atoms with Crippen LogP contribution in [0.3, 0.4) is 0 Å². The Morgan fingerprint density at radius 2 is 1.81 bits per heavy atom. The van der Waals surface area contributed by atoms with Crippen LogP contribution in [0.25, 0.3) is 10.9 Å². The van der Waals surface area contributed by atoms with Crippen molar-refractivity contribution in [3.8, 4) is 0 Å². The molecule has 1 aromatic heterocycles. The number of anilines is 1. The van der Waals surface area contributed by atoms with E-state index in [0.29, 0.717) is 33.9 Å². The fourth-order valence-electron chi connectivity index (χ4n) is 3.84. The van der Waals surface area contributed by atoms with Crippen molar-refractivity contribution >= 4 is 40.2 Å². The highest BCUT2D eigenvalue weighted by Gasteiger charge is 2.24. The smallest absolute Gasteiger partial charge is 0.262 e. The quantitative estimate of drug-likeness (QED) is 0.278. The molecule has 0 aliphatic heterocycles. The zero-order valence-electron chi connectivity index (χ0n) is 19.9. The van der Waals surface area contributed by atoms with Gasteiger partial charge in [-0.3, -0.25) is 19.0 Å². The normalized spacial score (nSPS) is 12.9. The summed E-state index contributed by atoms with van der Waals surface area (Å²) < 4.78 is 1.62. The second kappa shape index (κ2) is 10.4. The molecule has 2 amide bonds. The van der Waals surface area contributed by atoms with Crippen LogP contribution in [-0.2, 0) is 11.3 Å². The predicted octanol–water partition coefficient (Wildman–Crippen LogP) is 4.38. The van der Waals surface area contributed by atoms with Crippen LogP contribution in [0.5, 0.6) is 0 Å². The number of para-hydroxylation sites is 1. The zero-order chi connectivity index (χ0) is 25.1. The largest absolute Gasteiger partial charge is 0.349 e. The summed E-state index contributed by atoms with van der Waals surface area (Å²) in [4.78, 5) is 43.1. The lowest BCUT2D eigenvalue weighted by Crippen LogP contribution is -2.25. The van der Waals surface area contributed by atoms with E-state index in [-0.39, 0.29) is 29.2 Å². The summed E-state index contributed by atoms with van der Waals surface area (Å²) in [5, 5.41) is 6.82. The Labute approximate surface area is 212 Å². The van der Waals surface area contributed by atoms with Gasteiger partial charge in [-0.15, -0.1) is 0 Å². The molecular formula is C28H26N4O3S. The van der Waals surface area contributed by atoms with E-state index in [2.05, 4.69) is 10.6 Å². The molecule has 0 unspecified atom stereocenters. The average molecular weight is 499 g/mol. The number of nitrogens with zero attached hydrogens (tertiary/aromatic N) is 2. The molecule has 0 bridgehead atoms. The number of aromatic nitrogens is 2. The summed E-state index contributed by atoms with van der Waals surface area (Å²) in [5.41, 5.74) is 3.64. The van der Waals surface area contributed by atoms with Gasteiger partial charge < -0.3 is 10.6 Å². The second-order valence-corrected chi connectivity index (χ2v) is 9.90. The van der Waals surface area contributed by atoms with Gasteiger partial charge in [0.1, 0.15) is 0 Å². The molecule has 1 fully saturated rings. The maximum Gasteiger partial charge on any atom is 0.262 e. The van der Waals surface area contributed by atoms with E-state index < -0.39 is 0 Å². The summed E-state index contributed by atoms with van der Waals surface area (Å²) in [6.07, 6.45) is 2.02. The first-order valence-electron chi connectivity index (χ1n) is 11.8. The molecule has 0 saturated heterocycles. The van der Waals surface area contributed by atoms with Crippen molar-refractivity contribution in [1.29, 1.82) is 0 Å². The summed E-state index contributed by atoms with van der Waals surface area (Å²) in [6, 6.07) is 22.4. The molecule has 1 aliphatic carbocycles. The molecular weight excluding hydrogens is 472 g/mol. The van der Waals surface area contributed by atoms with Crippen molar-refractivity contribution in [1.82, 2.24) is 14.9 Å². The van der Waals surface area contributed by atoms with Crippen LogP contribution in [0.4, 0.5) is 5.69 Å². The van der Waals surface area contributed by atoms with Gasteiger partial charge in [0.05, 0.1) is 23.2 Å². The standard InChI is InChI=1S/C28H26N4O3S/c1-18-9-11-19(12-10-18)16-32-27(35)23-7-2-3-8-24(23)31-28(32)36-17-25(33)29-22-6-4-5-20(15-22)26(34)30-21-13-14-21/h2-12,15,21H,13-14,16-17H2,1H3,(H,29,33)(H,30,34). The number of carbonyl (C=O) groups excluding carboxylic acids is 2. The van der Waals surface area contributed by atoms with Crippen LogP contribution in [0.2, 0.25) is 0 Å². The molecule has 0 spiro atoms.